The number of carbonyl (C=O) groups excluding carboxylic acids is 1. The summed E-state index contributed by atoms with van der Waals surface area (Å²) >= 11 is 17.6. The van der Waals surface area contributed by atoms with Crippen molar-refractivity contribution < 1.29 is 9.53 Å². The molecule has 168 valence electrons. The summed E-state index contributed by atoms with van der Waals surface area (Å²) < 4.78 is 7.06. The summed E-state index contributed by atoms with van der Waals surface area (Å²) in [4.78, 5) is 28.7. The van der Waals surface area contributed by atoms with E-state index < -0.39 is 15.9 Å². The highest BCUT2D eigenvalue weighted by Gasteiger charge is 2.35. The van der Waals surface area contributed by atoms with Crippen molar-refractivity contribution in [3.8, 4) is 11.4 Å². The fourth-order valence-electron chi connectivity index (χ4n) is 2.97. The molecule has 0 aliphatic carbocycles. The van der Waals surface area contributed by atoms with Gasteiger partial charge in [0.05, 0.1) is 11.4 Å². The first-order chi connectivity index (χ1) is 15.1. The Morgan fingerprint density at radius 2 is 1.75 bits per heavy atom. The van der Waals surface area contributed by atoms with Gasteiger partial charge in [-0.3, -0.25) is 14.3 Å². The number of nitrogens with zero attached hydrogens (tertiary/aromatic N) is 3. The number of aromatic nitrogens is 2. The molecule has 0 spiro atoms. The Labute approximate surface area is 200 Å². The Bertz CT molecular complexity index is 1180. The van der Waals surface area contributed by atoms with Crippen molar-refractivity contribution in [2.75, 3.05) is 0 Å². The van der Waals surface area contributed by atoms with Gasteiger partial charge in [-0.2, -0.15) is 0 Å². The minimum absolute atomic E-state index is 0.215. The highest BCUT2D eigenvalue weighted by molar-refractivity contribution is 6.68. The van der Waals surface area contributed by atoms with E-state index in [1.54, 1.807) is 39.8 Å². The van der Waals surface area contributed by atoms with Crippen LogP contribution in [0.4, 0.5) is 5.69 Å². The maximum atomic E-state index is 12.9. The number of para-hydroxylation sites is 1. The van der Waals surface area contributed by atoms with Crippen LogP contribution in [0.25, 0.3) is 5.69 Å². The van der Waals surface area contributed by atoms with Crippen LogP contribution in [-0.4, -0.2) is 31.5 Å². The van der Waals surface area contributed by atoms with E-state index in [4.69, 9.17) is 39.5 Å². The summed E-state index contributed by atoms with van der Waals surface area (Å²) in [5.74, 6) is -0.0148. The number of benzene rings is 2. The molecule has 0 bridgehead atoms. The standard InChI is InChI=1S/C22H21Cl3N4O3/c1-14-19(20(31)29(28(14)3)17-7-5-4-6-8-17)26-13-16-9-11-18(12-10-16)32-21(22(23,24)25)27-15(2)30/h4-13,21H,1-3H3,(H,27,30). The molecular formula is C22H21Cl3N4O3. The Hall–Kier alpha value is -2.74. The van der Waals surface area contributed by atoms with Crippen LogP contribution in [0.15, 0.2) is 64.4 Å². The number of carbonyl (C=O) groups is 1. The van der Waals surface area contributed by atoms with Crippen LogP contribution in [0, 0.1) is 6.92 Å². The highest BCUT2D eigenvalue weighted by atomic mass is 35.6. The van der Waals surface area contributed by atoms with Crippen LogP contribution in [0.1, 0.15) is 18.2 Å². The first-order valence-electron chi connectivity index (χ1n) is 9.56. The monoisotopic (exact) mass is 494 g/mol. The molecule has 3 aromatic rings. The molecule has 0 saturated heterocycles. The quantitative estimate of drug-likeness (QED) is 0.312. The molecule has 1 unspecified atom stereocenters. The van der Waals surface area contributed by atoms with Gasteiger partial charge >= 0.3 is 0 Å². The lowest BCUT2D eigenvalue weighted by Gasteiger charge is -2.25. The average molecular weight is 496 g/mol. The molecule has 7 nitrogen and oxygen atoms in total. The average Bonchev–Trinajstić information content (AvgIpc) is 2.95. The molecule has 32 heavy (non-hydrogen) atoms. The molecule has 3 rings (SSSR count). The van der Waals surface area contributed by atoms with Crippen LogP contribution in [0.2, 0.25) is 0 Å². The van der Waals surface area contributed by atoms with Crippen LogP contribution < -0.4 is 15.6 Å². The van der Waals surface area contributed by atoms with Gasteiger partial charge in [-0.05, 0) is 48.9 Å². The zero-order valence-corrected chi connectivity index (χ0v) is 19.8. The molecule has 1 amide bonds. The topological polar surface area (TPSA) is 77.6 Å². The van der Waals surface area contributed by atoms with E-state index in [9.17, 15) is 9.59 Å². The van der Waals surface area contributed by atoms with Crippen molar-refractivity contribution in [2.45, 2.75) is 23.9 Å². The van der Waals surface area contributed by atoms with Gasteiger partial charge in [0.1, 0.15) is 5.75 Å². The van der Waals surface area contributed by atoms with Gasteiger partial charge in [0.15, 0.2) is 5.69 Å². The summed E-state index contributed by atoms with van der Waals surface area (Å²) in [5, 5.41) is 2.44. The third-order valence-corrected chi connectivity index (χ3v) is 5.23. The number of halogens is 3. The van der Waals surface area contributed by atoms with Gasteiger partial charge in [0.2, 0.25) is 15.9 Å². The van der Waals surface area contributed by atoms with Gasteiger partial charge in [0, 0.05) is 20.2 Å². The Balaban J connectivity index is 1.81. The minimum Gasteiger partial charge on any atom is -0.466 e. The third-order valence-electron chi connectivity index (χ3n) is 4.63. The van der Waals surface area contributed by atoms with E-state index in [1.165, 1.54) is 6.92 Å². The number of aliphatic imine (C=N–C) groups is 1. The van der Waals surface area contributed by atoms with E-state index in [2.05, 4.69) is 10.3 Å². The second-order valence-corrected chi connectivity index (χ2v) is 9.35. The Morgan fingerprint density at radius 1 is 1.12 bits per heavy atom. The fraction of sp³-hybridized carbons (Fsp3) is 0.227. The lowest BCUT2D eigenvalue weighted by Crippen LogP contribution is -2.47. The van der Waals surface area contributed by atoms with Crippen LogP contribution in [0.5, 0.6) is 5.75 Å². The van der Waals surface area contributed by atoms with Gasteiger partial charge < -0.3 is 10.1 Å². The van der Waals surface area contributed by atoms with Crippen LogP contribution in [0.3, 0.4) is 0 Å². The van der Waals surface area contributed by atoms with E-state index in [0.29, 0.717) is 11.4 Å². The molecule has 0 fully saturated rings. The number of hydrogen-bond donors (Lipinski definition) is 1. The van der Waals surface area contributed by atoms with Gasteiger partial charge in [-0.25, -0.2) is 9.67 Å². The maximum Gasteiger partial charge on any atom is 0.297 e. The van der Waals surface area contributed by atoms with Crippen molar-refractivity contribution in [2.24, 2.45) is 12.0 Å². The van der Waals surface area contributed by atoms with E-state index >= 15 is 0 Å². The number of ether oxygens (including phenoxy) is 1. The van der Waals surface area contributed by atoms with Gasteiger partial charge in [0.25, 0.3) is 5.56 Å². The van der Waals surface area contributed by atoms with Crippen molar-refractivity contribution >= 4 is 52.6 Å². The summed E-state index contributed by atoms with van der Waals surface area (Å²) in [6.45, 7) is 3.13. The molecule has 1 atom stereocenters. The lowest BCUT2D eigenvalue weighted by atomic mass is 10.2. The molecule has 1 heterocycles. The van der Waals surface area contributed by atoms with Gasteiger partial charge in [-0.1, -0.05) is 53.0 Å². The molecule has 1 N–H and O–H groups in total. The third kappa shape index (κ3) is 5.54. The number of hydrogen-bond acceptors (Lipinski definition) is 4. The zero-order valence-electron chi connectivity index (χ0n) is 17.6. The van der Waals surface area contributed by atoms with Crippen molar-refractivity contribution in [3.63, 3.8) is 0 Å². The normalized spacial score (nSPS) is 12.7. The Morgan fingerprint density at radius 3 is 2.31 bits per heavy atom. The van der Waals surface area contributed by atoms with Crippen molar-refractivity contribution in [3.05, 3.63) is 76.2 Å². The minimum atomic E-state index is -1.85. The number of nitrogens with one attached hydrogen (secondary N) is 1. The maximum absolute atomic E-state index is 12.9. The Kier molecular flexibility index (Phi) is 7.33. The van der Waals surface area contributed by atoms with Crippen molar-refractivity contribution in [1.29, 1.82) is 0 Å². The molecule has 1 aromatic heterocycles. The van der Waals surface area contributed by atoms with Crippen molar-refractivity contribution in [1.82, 2.24) is 14.7 Å². The molecule has 2 aromatic carbocycles. The first-order valence-corrected chi connectivity index (χ1v) is 10.7. The fourth-order valence-corrected chi connectivity index (χ4v) is 3.27. The number of rotatable bonds is 6. The predicted molar refractivity (Wildman–Crippen MR) is 128 cm³/mol. The van der Waals surface area contributed by atoms with E-state index in [-0.39, 0.29) is 5.56 Å². The number of amides is 1. The molecular weight excluding hydrogens is 475 g/mol. The van der Waals surface area contributed by atoms with E-state index in [0.717, 1.165) is 16.9 Å². The molecule has 10 heteroatoms. The number of alkyl halides is 3. The van der Waals surface area contributed by atoms with E-state index in [1.807, 2.05) is 44.3 Å². The molecule has 0 aliphatic rings. The lowest BCUT2D eigenvalue weighted by molar-refractivity contribution is -0.121. The summed E-state index contributed by atoms with van der Waals surface area (Å²) in [6.07, 6.45) is 0.427. The molecule has 0 radical (unpaired) electrons. The summed E-state index contributed by atoms with van der Waals surface area (Å²) in [7, 11) is 1.81. The highest BCUT2D eigenvalue weighted by Crippen LogP contribution is 2.32. The van der Waals surface area contributed by atoms with Crippen LogP contribution >= 0.6 is 34.8 Å². The first kappa shape index (κ1) is 23.9. The largest absolute Gasteiger partial charge is 0.466 e. The second kappa shape index (κ2) is 9.81. The zero-order chi connectivity index (χ0) is 23.5. The predicted octanol–water partition coefficient (Wildman–Crippen LogP) is 4.45. The van der Waals surface area contributed by atoms with Gasteiger partial charge in [-0.15, -0.1) is 0 Å². The summed E-state index contributed by atoms with van der Waals surface area (Å²) in [5.41, 5.74) is 2.35. The van der Waals surface area contributed by atoms with Crippen LogP contribution in [-0.2, 0) is 11.8 Å². The smallest absolute Gasteiger partial charge is 0.297 e. The summed E-state index contributed by atoms with van der Waals surface area (Å²) in [6, 6.07) is 16.1. The second-order valence-electron chi connectivity index (χ2n) is 6.98. The SMILES string of the molecule is CC(=O)NC(Oc1ccc(C=Nc2c(C)n(C)n(-c3ccccc3)c2=O)cc1)C(Cl)(Cl)Cl. The molecule has 0 saturated carbocycles. The molecule has 0 aliphatic heterocycles.